The third-order valence-corrected chi connectivity index (χ3v) is 7.50. The average molecular weight is 749 g/mol. The monoisotopic (exact) mass is 749 g/mol. The van der Waals surface area contributed by atoms with Crippen LogP contribution in [0.2, 0.25) is 0 Å². The number of halogens is 4. The summed E-state index contributed by atoms with van der Waals surface area (Å²) in [6.07, 6.45) is 0. The van der Waals surface area contributed by atoms with Gasteiger partial charge in [-0.15, -0.1) is 11.3 Å². The molecule has 29 heavy (non-hydrogen) atoms. The van der Waals surface area contributed by atoms with Crippen LogP contribution >= 0.6 is 79.1 Å². The minimum Gasteiger partial charge on any atom is -0.495 e. The van der Waals surface area contributed by atoms with Crippen molar-refractivity contribution in [1.29, 1.82) is 0 Å². The van der Waals surface area contributed by atoms with E-state index >= 15 is 0 Å². The van der Waals surface area contributed by atoms with E-state index in [-0.39, 0.29) is 10.6 Å². The molecule has 1 heterocycles. The summed E-state index contributed by atoms with van der Waals surface area (Å²) in [7, 11) is 1.53. The number of anilines is 1. The Balaban J connectivity index is 2.04. The Morgan fingerprint density at radius 3 is 2.48 bits per heavy atom. The maximum absolute atomic E-state index is 13.6. The van der Waals surface area contributed by atoms with Crippen molar-refractivity contribution in [2.45, 2.75) is 0 Å². The van der Waals surface area contributed by atoms with E-state index in [1.54, 1.807) is 11.4 Å². The van der Waals surface area contributed by atoms with Crippen LogP contribution in [0.3, 0.4) is 0 Å². The van der Waals surface area contributed by atoms with Crippen molar-refractivity contribution >= 4 is 96.0 Å². The summed E-state index contributed by atoms with van der Waals surface area (Å²) in [5.41, 5.74) is 1.11. The van der Waals surface area contributed by atoms with Gasteiger partial charge in [0.05, 0.1) is 19.8 Å². The van der Waals surface area contributed by atoms with Crippen molar-refractivity contribution < 1.29 is 23.8 Å². The summed E-state index contributed by atoms with van der Waals surface area (Å²) in [4.78, 5) is 24.9. The summed E-state index contributed by atoms with van der Waals surface area (Å²) < 4.78 is 21.2. The Labute approximate surface area is 210 Å². The number of carbonyl (C=O) groups is 2. The van der Waals surface area contributed by atoms with Crippen LogP contribution in [0, 0.1) is 16.5 Å². The number of thiophene rings is 1. The van der Waals surface area contributed by atoms with Crippen molar-refractivity contribution in [1.82, 2.24) is 0 Å². The first-order valence-corrected chi connectivity index (χ1v) is 12.0. The van der Waals surface area contributed by atoms with Crippen molar-refractivity contribution in [2.75, 3.05) is 12.4 Å². The van der Waals surface area contributed by atoms with E-state index in [1.807, 2.05) is 28.7 Å². The fraction of sp³-hybridized carbons (Fsp3) is 0.0526. The molecule has 0 unspecified atom stereocenters. The van der Waals surface area contributed by atoms with Gasteiger partial charge in [0.2, 0.25) is 0 Å². The summed E-state index contributed by atoms with van der Waals surface area (Å²) in [5.74, 6) is -1.53. The third-order valence-electron chi connectivity index (χ3n) is 3.93. The average Bonchev–Trinajstić information content (AvgIpc) is 3.05. The molecule has 0 aliphatic rings. The minimum absolute atomic E-state index is 0.0727. The van der Waals surface area contributed by atoms with Gasteiger partial charge in [-0.1, -0.05) is 12.1 Å². The van der Waals surface area contributed by atoms with Crippen LogP contribution in [-0.2, 0) is 0 Å². The van der Waals surface area contributed by atoms with Gasteiger partial charge in [-0.3, -0.25) is 4.79 Å². The first kappa shape index (κ1) is 22.7. The molecule has 1 amide bonds. The Kier molecular flexibility index (Phi) is 7.37. The predicted octanol–water partition coefficient (Wildman–Crippen LogP) is 6.33. The van der Waals surface area contributed by atoms with Crippen LogP contribution in [0.1, 0.15) is 20.7 Å². The Hall–Kier alpha value is -1.00. The van der Waals surface area contributed by atoms with Crippen LogP contribution in [0.4, 0.5) is 9.39 Å². The molecule has 3 aromatic rings. The van der Waals surface area contributed by atoms with Crippen LogP contribution in [0.5, 0.6) is 5.75 Å². The van der Waals surface area contributed by atoms with E-state index in [0.29, 0.717) is 29.6 Å². The number of carboxylic acid groups (broad SMARTS) is 1. The molecule has 5 nitrogen and oxygen atoms in total. The van der Waals surface area contributed by atoms with E-state index in [4.69, 9.17) is 4.74 Å². The fourth-order valence-electron chi connectivity index (χ4n) is 2.66. The van der Waals surface area contributed by atoms with Gasteiger partial charge in [0.25, 0.3) is 5.91 Å². The van der Waals surface area contributed by atoms with Crippen molar-refractivity contribution in [2.24, 2.45) is 0 Å². The van der Waals surface area contributed by atoms with Gasteiger partial charge >= 0.3 is 5.97 Å². The van der Waals surface area contributed by atoms with Crippen LogP contribution in [0.25, 0.3) is 11.1 Å². The van der Waals surface area contributed by atoms with E-state index in [2.05, 4.69) is 50.5 Å². The molecule has 0 atom stereocenters. The lowest BCUT2D eigenvalue weighted by molar-refractivity contribution is 0.0699. The first-order valence-electron chi connectivity index (χ1n) is 7.88. The van der Waals surface area contributed by atoms with E-state index in [0.717, 1.165) is 14.9 Å². The SMILES string of the molecule is COc1c(I)cc(I)c(C(=O)Nc2scc(-c3cccc(F)c3)c2C(=O)O)c1I. The minimum atomic E-state index is -1.20. The third kappa shape index (κ3) is 4.69. The lowest BCUT2D eigenvalue weighted by atomic mass is 10.0. The van der Waals surface area contributed by atoms with Gasteiger partial charge < -0.3 is 15.2 Å². The fourth-order valence-corrected chi connectivity index (χ4v) is 7.92. The molecule has 2 N–H and O–H groups in total. The number of rotatable bonds is 5. The molecule has 0 aliphatic heterocycles. The number of hydrogen-bond acceptors (Lipinski definition) is 4. The number of aromatic carboxylic acids is 1. The lowest BCUT2D eigenvalue weighted by Gasteiger charge is -2.13. The zero-order valence-corrected chi connectivity index (χ0v) is 21.8. The summed E-state index contributed by atoms with van der Waals surface area (Å²) in [6.45, 7) is 0. The van der Waals surface area contributed by atoms with Gasteiger partial charge in [0, 0.05) is 14.5 Å². The quantitative estimate of drug-likeness (QED) is 0.300. The second-order valence-electron chi connectivity index (χ2n) is 5.69. The molecule has 0 radical (unpaired) electrons. The molecular weight excluding hydrogens is 738 g/mol. The van der Waals surface area contributed by atoms with E-state index in [1.165, 1.54) is 25.3 Å². The maximum atomic E-state index is 13.6. The van der Waals surface area contributed by atoms with Crippen LogP contribution in [-0.4, -0.2) is 24.1 Å². The number of nitrogens with one attached hydrogen (secondary N) is 1. The largest absolute Gasteiger partial charge is 0.495 e. The normalized spacial score (nSPS) is 10.7. The molecular formula is C19H11FI3NO4S. The van der Waals surface area contributed by atoms with E-state index < -0.39 is 17.7 Å². The number of hydrogen-bond donors (Lipinski definition) is 2. The van der Waals surface area contributed by atoms with E-state index in [9.17, 15) is 19.1 Å². The highest BCUT2D eigenvalue weighted by molar-refractivity contribution is 14.1. The van der Waals surface area contributed by atoms with Crippen LogP contribution in [0.15, 0.2) is 35.7 Å². The smallest absolute Gasteiger partial charge is 0.339 e. The predicted molar refractivity (Wildman–Crippen MR) is 136 cm³/mol. The molecule has 0 aliphatic carbocycles. The highest BCUT2D eigenvalue weighted by Gasteiger charge is 2.25. The zero-order chi connectivity index (χ0) is 21.3. The molecule has 10 heteroatoms. The lowest BCUT2D eigenvalue weighted by Crippen LogP contribution is -2.17. The maximum Gasteiger partial charge on any atom is 0.339 e. The summed E-state index contributed by atoms with van der Waals surface area (Å²) in [6, 6.07) is 7.50. The van der Waals surface area contributed by atoms with Crippen molar-refractivity contribution in [3.63, 3.8) is 0 Å². The molecule has 0 fully saturated rings. The van der Waals surface area contributed by atoms with Crippen LogP contribution < -0.4 is 10.1 Å². The van der Waals surface area contributed by atoms with Gasteiger partial charge in [-0.05, 0) is 91.5 Å². The molecule has 0 saturated carbocycles. The van der Waals surface area contributed by atoms with Gasteiger partial charge in [-0.25, -0.2) is 9.18 Å². The van der Waals surface area contributed by atoms with Crippen molar-refractivity contribution in [3.05, 3.63) is 63.4 Å². The molecule has 0 saturated heterocycles. The number of amides is 1. The number of ether oxygens (including phenoxy) is 1. The highest BCUT2D eigenvalue weighted by Crippen LogP contribution is 2.38. The summed E-state index contributed by atoms with van der Waals surface area (Å²) in [5, 5.41) is 14.2. The first-order chi connectivity index (χ1) is 13.7. The number of carboxylic acids is 1. The van der Waals surface area contributed by atoms with Gasteiger partial charge in [0.1, 0.15) is 22.1 Å². The molecule has 150 valence electrons. The standard InChI is InChI=1S/C19H11FI3NO4S/c1-28-16-12(22)6-11(21)14(15(16)23)17(25)24-18-13(19(26)27)10(7-29-18)8-3-2-4-9(20)5-8/h2-7H,1H3,(H,24,25)(H,26,27). The molecule has 0 spiro atoms. The zero-order valence-electron chi connectivity index (χ0n) is 14.6. The Morgan fingerprint density at radius 2 is 1.86 bits per heavy atom. The summed E-state index contributed by atoms with van der Waals surface area (Å²) >= 11 is 7.31. The number of carbonyl (C=O) groups excluding carboxylic acids is 1. The highest BCUT2D eigenvalue weighted by atomic mass is 127. The Morgan fingerprint density at radius 1 is 1.14 bits per heavy atom. The van der Waals surface area contributed by atoms with Gasteiger partial charge in [-0.2, -0.15) is 0 Å². The second-order valence-corrected chi connectivity index (χ2v) is 9.97. The topological polar surface area (TPSA) is 75.6 Å². The molecule has 1 aromatic heterocycles. The number of methoxy groups -OCH3 is 1. The molecule has 2 aromatic carbocycles. The molecule has 3 rings (SSSR count). The van der Waals surface area contributed by atoms with Crippen molar-refractivity contribution in [3.8, 4) is 16.9 Å². The number of benzene rings is 2. The van der Waals surface area contributed by atoms with Gasteiger partial charge in [0.15, 0.2) is 0 Å². The Bertz CT molecular complexity index is 1130. The second kappa shape index (κ2) is 9.43. The molecule has 0 bridgehead atoms.